The van der Waals surface area contributed by atoms with Gasteiger partial charge in [0, 0.05) is 18.0 Å². The molecule has 1 aromatic carbocycles. The van der Waals surface area contributed by atoms with Crippen LogP contribution in [0.15, 0.2) is 18.2 Å². The van der Waals surface area contributed by atoms with Crippen LogP contribution >= 0.6 is 0 Å². The van der Waals surface area contributed by atoms with Gasteiger partial charge in [0.1, 0.15) is 11.6 Å². The van der Waals surface area contributed by atoms with Crippen LogP contribution in [0.2, 0.25) is 0 Å². The highest BCUT2D eigenvalue weighted by Crippen LogP contribution is 2.41. The molecule has 1 aliphatic carbocycles. The highest BCUT2D eigenvalue weighted by Gasteiger charge is 2.36. The molecule has 0 aromatic heterocycles. The number of halogens is 2. The third kappa shape index (κ3) is 3.57. The first kappa shape index (κ1) is 15.4. The summed E-state index contributed by atoms with van der Waals surface area (Å²) in [5.74, 6) is -0.213. The third-order valence-corrected chi connectivity index (χ3v) is 4.60. The van der Waals surface area contributed by atoms with E-state index in [4.69, 9.17) is 0 Å². The molecule has 1 aliphatic rings. The van der Waals surface area contributed by atoms with Crippen LogP contribution in [0.1, 0.15) is 51.5 Å². The van der Waals surface area contributed by atoms with Gasteiger partial charge in [0.25, 0.3) is 0 Å². The van der Waals surface area contributed by atoms with E-state index in [2.05, 4.69) is 19.2 Å². The molecule has 1 nitrogen and oxygen atoms in total. The normalized spacial score (nSPS) is 26.7. The number of hydrogen-bond acceptors (Lipinski definition) is 1. The van der Waals surface area contributed by atoms with Crippen LogP contribution in [0.3, 0.4) is 0 Å². The summed E-state index contributed by atoms with van der Waals surface area (Å²) < 4.78 is 27.1. The lowest BCUT2D eigenvalue weighted by atomic mass is 9.67. The Morgan fingerprint density at radius 2 is 1.75 bits per heavy atom. The highest BCUT2D eigenvalue weighted by molar-refractivity contribution is 5.28. The molecule has 0 saturated heterocycles. The van der Waals surface area contributed by atoms with Crippen molar-refractivity contribution < 1.29 is 8.78 Å². The molecule has 2 rings (SSSR count). The zero-order valence-corrected chi connectivity index (χ0v) is 12.5. The average molecular weight is 281 g/mol. The Labute approximate surface area is 120 Å². The second-order valence-electron chi connectivity index (χ2n) is 6.30. The Bertz CT molecular complexity index is 416. The van der Waals surface area contributed by atoms with Gasteiger partial charge in [0.15, 0.2) is 0 Å². The first-order valence-electron chi connectivity index (χ1n) is 7.73. The molecule has 0 unspecified atom stereocenters. The third-order valence-electron chi connectivity index (χ3n) is 4.60. The number of nitrogens with one attached hydrogen (secondary N) is 1. The fourth-order valence-electron chi connectivity index (χ4n) is 3.25. The maximum absolute atomic E-state index is 13.6. The Kier molecular flexibility index (Phi) is 5.14. The van der Waals surface area contributed by atoms with E-state index in [1.165, 1.54) is 12.1 Å². The fourth-order valence-corrected chi connectivity index (χ4v) is 3.25. The Balaban J connectivity index is 2.25. The molecule has 0 bridgehead atoms. The molecule has 0 radical (unpaired) electrons. The van der Waals surface area contributed by atoms with E-state index in [9.17, 15) is 8.78 Å². The molecule has 1 saturated carbocycles. The second-order valence-corrected chi connectivity index (χ2v) is 6.30. The van der Waals surface area contributed by atoms with E-state index < -0.39 is 11.6 Å². The molecule has 0 aliphatic heterocycles. The van der Waals surface area contributed by atoms with Crippen molar-refractivity contribution in [2.45, 2.75) is 51.4 Å². The summed E-state index contributed by atoms with van der Waals surface area (Å²) in [5, 5.41) is 3.45. The van der Waals surface area contributed by atoms with Crippen molar-refractivity contribution in [1.82, 2.24) is 5.32 Å². The quantitative estimate of drug-likeness (QED) is 0.788. The van der Waals surface area contributed by atoms with Gasteiger partial charge in [-0.05, 0) is 62.3 Å². The van der Waals surface area contributed by atoms with E-state index in [1.54, 1.807) is 0 Å². The van der Waals surface area contributed by atoms with Gasteiger partial charge < -0.3 is 5.32 Å². The first-order valence-corrected chi connectivity index (χ1v) is 7.73. The molecular weight excluding hydrogens is 256 g/mol. The van der Waals surface area contributed by atoms with Gasteiger partial charge in [0.2, 0.25) is 0 Å². The summed E-state index contributed by atoms with van der Waals surface area (Å²) in [6, 6.07) is 4.00. The van der Waals surface area contributed by atoms with Gasteiger partial charge in [-0.15, -0.1) is 0 Å². The smallest absolute Gasteiger partial charge is 0.126 e. The largest absolute Gasteiger partial charge is 0.316 e. The van der Waals surface area contributed by atoms with Gasteiger partial charge in [-0.2, -0.15) is 0 Å². The van der Waals surface area contributed by atoms with E-state index in [-0.39, 0.29) is 5.41 Å². The summed E-state index contributed by atoms with van der Waals surface area (Å²) in [5.41, 5.74) is 0.718. The van der Waals surface area contributed by atoms with Gasteiger partial charge >= 0.3 is 0 Å². The van der Waals surface area contributed by atoms with Crippen LogP contribution in [0.5, 0.6) is 0 Å². The SMILES string of the molecule is CCCNCC1(c2cc(F)cc(F)c2)CCC(C)CC1. The van der Waals surface area contributed by atoms with E-state index >= 15 is 0 Å². The Hall–Kier alpha value is -0.960. The lowest BCUT2D eigenvalue weighted by molar-refractivity contribution is 0.233. The van der Waals surface area contributed by atoms with Crippen LogP contribution in [0.4, 0.5) is 8.78 Å². The summed E-state index contributed by atoms with van der Waals surface area (Å²) in [7, 11) is 0. The minimum absolute atomic E-state index is 0.107. The monoisotopic (exact) mass is 281 g/mol. The Morgan fingerprint density at radius 1 is 1.15 bits per heavy atom. The molecule has 112 valence electrons. The lowest BCUT2D eigenvalue weighted by Crippen LogP contribution is -2.41. The van der Waals surface area contributed by atoms with Crippen molar-refractivity contribution in [2.75, 3.05) is 13.1 Å². The maximum Gasteiger partial charge on any atom is 0.126 e. The fraction of sp³-hybridized carbons (Fsp3) is 0.647. The zero-order valence-electron chi connectivity index (χ0n) is 12.5. The predicted molar refractivity (Wildman–Crippen MR) is 78.8 cm³/mol. The standard InChI is InChI=1S/C17H25F2N/c1-3-8-20-12-17(6-4-13(2)5-7-17)14-9-15(18)11-16(19)10-14/h9-11,13,20H,3-8,12H2,1-2H3. The number of rotatable bonds is 5. The second kappa shape index (κ2) is 6.66. The summed E-state index contributed by atoms with van der Waals surface area (Å²) in [6.45, 7) is 6.16. The summed E-state index contributed by atoms with van der Waals surface area (Å²) in [4.78, 5) is 0. The molecule has 3 heteroatoms. The van der Waals surface area contributed by atoms with Gasteiger partial charge in [-0.1, -0.05) is 13.8 Å². The minimum atomic E-state index is -0.464. The summed E-state index contributed by atoms with van der Waals surface area (Å²) >= 11 is 0. The molecule has 1 aromatic rings. The van der Waals surface area contributed by atoms with Crippen LogP contribution < -0.4 is 5.32 Å². The molecule has 0 atom stereocenters. The lowest BCUT2D eigenvalue weighted by Gasteiger charge is -2.40. The van der Waals surface area contributed by atoms with Crippen LogP contribution in [-0.2, 0) is 5.41 Å². The molecule has 1 N–H and O–H groups in total. The van der Waals surface area contributed by atoms with Crippen molar-refractivity contribution in [3.8, 4) is 0 Å². The van der Waals surface area contributed by atoms with Crippen molar-refractivity contribution in [3.05, 3.63) is 35.4 Å². The number of benzene rings is 1. The summed E-state index contributed by atoms with van der Waals surface area (Å²) in [6.07, 6.45) is 5.35. The molecule has 0 amide bonds. The number of hydrogen-bond donors (Lipinski definition) is 1. The predicted octanol–water partition coefficient (Wildman–Crippen LogP) is 4.41. The van der Waals surface area contributed by atoms with Crippen LogP contribution in [0, 0.1) is 17.6 Å². The van der Waals surface area contributed by atoms with E-state index in [0.717, 1.165) is 56.8 Å². The first-order chi connectivity index (χ1) is 9.55. The molecule has 20 heavy (non-hydrogen) atoms. The minimum Gasteiger partial charge on any atom is -0.316 e. The maximum atomic E-state index is 13.6. The zero-order chi connectivity index (χ0) is 14.6. The van der Waals surface area contributed by atoms with Gasteiger partial charge in [-0.3, -0.25) is 0 Å². The van der Waals surface area contributed by atoms with Crippen LogP contribution in [0.25, 0.3) is 0 Å². The molecule has 1 fully saturated rings. The van der Waals surface area contributed by atoms with Crippen molar-refractivity contribution >= 4 is 0 Å². The van der Waals surface area contributed by atoms with E-state index in [1.807, 2.05) is 0 Å². The van der Waals surface area contributed by atoms with Crippen molar-refractivity contribution in [3.63, 3.8) is 0 Å². The van der Waals surface area contributed by atoms with Crippen molar-refractivity contribution in [2.24, 2.45) is 5.92 Å². The van der Waals surface area contributed by atoms with Crippen LogP contribution in [-0.4, -0.2) is 13.1 Å². The molecular formula is C17H25F2N. The Morgan fingerprint density at radius 3 is 2.30 bits per heavy atom. The van der Waals surface area contributed by atoms with Gasteiger partial charge in [0.05, 0.1) is 0 Å². The highest BCUT2D eigenvalue weighted by atomic mass is 19.1. The van der Waals surface area contributed by atoms with Gasteiger partial charge in [-0.25, -0.2) is 8.78 Å². The van der Waals surface area contributed by atoms with Crippen molar-refractivity contribution in [1.29, 1.82) is 0 Å². The van der Waals surface area contributed by atoms with E-state index in [0.29, 0.717) is 5.92 Å². The average Bonchev–Trinajstić information content (AvgIpc) is 2.40. The topological polar surface area (TPSA) is 12.0 Å². The molecule has 0 spiro atoms. The molecule has 0 heterocycles.